The van der Waals surface area contributed by atoms with Gasteiger partial charge in [-0.25, -0.2) is 17.5 Å². The molecule has 0 saturated heterocycles. The first kappa shape index (κ1) is 25.7. The molecule has 164 valence electrons. The molecule has 0 aliphatic heterocycles. The second kappa shape index (κ2) is 12.4. The van der Waals surface area contributed by atoms with Gasteiger partial charge in [0.1, 0.15) is 5.82 Å². The van der Waals surface area contributed by atoms with E-state index in [-0.39, 0.29) is 53.5 Å². The molecular weight excluding hydrogens is 528 g/mol. The van der Waals surface area contributed by atoms with Crippen LogP contribution in [0.25, 0.3) is 0 Å². The monoisotopic (exact) mass is 551 g/mol. The van der Waals surface area contributed by atoms with Crippen molar-refractivity contribution in [3.63, 3.8) is 0 Å². The van der Waals surface area contributed by atoms with Crippen LogP contribution in [0, 0.1) is 15.9 Å². The third-order valence-electron chi connectivity index (χ3n) is 3.92. The second-order valence-corrected chi connectivity index (χ2v) is 7.69. The molecule has 0 saturated carbocycles. The molecule has 0 amide bonds. The van der Waals surface area contributed by atoms with Crippen molar-refractivity contribution in [2.45, 2.75) is 11.3 Å². The number of guanidine groups is 1. The fourth-order valence-corrected chi connectivity index (χ4v) is 3.52. The van der Waals surface area contributed by atoms with Crippen LogP contribution in [-0.4, -0.2) is 46.0 Å². The van der Waals surface area contributed by atoms with Crippen LogP contribution in [0.1, 0.15) is 5.56 Å². The molecule has 12 heteroatoms. The van der Waals surface area contributed by atoms with E-state index in [9.17, 15) is 22.9 Å². The molecule has 0 aromatic heterocycles. The van der Waals surface area contributed by atoms with Gasteiger partial charge in [-0.15, -0.1) is 24.0 Å². The summed E-state index contributed by atoms with van der Waals surface area (Å²) in [4.78, 5) is 14.0. The number of nitro groups is 1. The Morgan fingerprint density at radius 1 is 1.10 bits per heavy atom. The van der Waals surface area contributed by atoms with Crippen LogP contribution >= 0.6 is 24.0 Å². The molecule has 2 aromatic carbocycles. The molecule has 0 aliphatic carbocycles. The minimum absolute atomic E-state index is 0. The first-order valence-electron chi connectivity index (χ1n) is 8.75. The molecular formula is C18H23FIN5O4S. The van der Waals surface area contributed by atoms with Gasteiger partial charge in [0.25, 0.3) is 5.69 Å². The highest BCUT2D eigenvalue weighted by Crippen LogP contribution is 2.16. The molecule has 0 aliphatic rings. The molecule has 2 rings (SSSR count). The lowest BCUT2D eigenvalue weighted by Crippen LogP contribution is -2.42. The highest BCUT2D eigenvalue weighted by molar-refractivity contribution is 14.0. The van der Waals surface area contributed by atoms with Crippen molar-refractivity contribution in [1.29, 1.82) is 0 Å². The van der Waals surface area contributed by atoms with Crippen molar-refractivity contribution >= 4 is 45.6 Å². The summed E-state index contributed by atoms with van der Waals surface area (Å²) < 4.78 is 40.4. The maximum Gasteiger partial charge on any atom is 0.270 e. The maximum absolute atomic E-state index is 13.6. The predicted molar refractivity (Wildman–Crippen MR) is 123 cm³/mol. The third-order valence-corrected chi connectivity index (χ3v) is 5.38. The van der Waals surface area contributed by atoms with Crippen LogP contribution < -0.4 is 15.4 Å². The van der Waals surface area contributed by atoms with E-state index in [0.717, 1.165) is 6.07 Å². The SMILES string of the molecule is CN=C(NCCNS(=O)(=O)c1cccc([N+](=O)[O-])c1)NCCc1ccccc1F.I. The van der Waals surface area contributed by atoms with Gasteiger partial charge in [0.15, 0.2) is 5.96 Å². The Morgan fingerprint density at radius 3 is 2.47 bits per heavy atom. The Hall–Kier alpha value is -2.32. The van der Waals surface area contributed by atoms with E-state index in [1.807, 2.05) is 0 Å². The maximum atomic E-state index is 13.6. The van der Waals surface area contributed by atoms with Crippen LogP contribution in [0.15, 0.2) is 58.4 Å². The number of halogens is 2. The number of nitrogens with one attached hydrogen (secondary N) is 3. The summed E-state index contributed by atoms with van der Waals surface area (Å²) in [5, 5.41) is 16.7. The molecule has 0 heterocycles. The van der Waals surface area contributed by atoms with Crippen LogP contribution in [0.4, 0.5) is 10.1 Å². The minimum atomic E-state index is -3.88. The lowest BCUT2D eigenvalue weighted by atomic mass is 10.1. The second-order valence-electron chi connectivity index (χ2n) is 5.92. The van der Waals surface area contributed by atoms with E-state index in [4.69, 9.17) is 0 Å². The molecule has 0 radical (unpaired) electrons. The Bertz CT molecular complexity index is 988. The summed E-state index contributed by atoms with van der Waals surface area (Å²) >= 11 is 0. The summed E-state index contributed by atoms with van der Waals surface area (Å²) in [5.41, 5.74) is 0.283. The smallest absolute Gasteiger partial charge is 0.270 e. The molecule has 0 unspecified atom stereocenters. The minimum Gasteiger partial charge on any atom is -0.356 e. The first-order valence-corrected chi connectivity index (χ1v) is 10.2. The van der Waals surface area contributed by atoms with Gasteiger partial charge in [-0.3, -0.25) is 15.1 Å². The van der Waals surface area contributed by atoms with E-state index < -0.39 is 14.9 Å². The molecule has 2 aromatic rings. The van der Waals surface area contributed by atoms with Crippen molar-refractivity contribution in [1.82, 2.24) is 15.4 Å². The lowest BCUT2D eigenvalue weighted by molar-refractivity contribution is -0.385. The summed E-state index contributed by atoms with van der Waals surface area (Å²) in [6.45, 7) is 0.715. The van der Waals surface area contributed by atoms with Gasteiger partial charge < -0.3 is 10.6 Å². The zero-order valence-corrected chi connectivity index (χ0v) is 19.3. The highest BCUT2D eigenvalue weighted by atomic mass is 127. The average Bonchev–Trinajstić information content (AvgIpc) is 2.71. The number of sulfonamides is 1. The Morgan fingerprint density at radius 2 is 1.80 bits per heavy atom. The van der Waals surface area contributed by atoms with E-state index >= 15 is 0 Å². The van der Waals surface area contributed by atoms with Gasteiger partial charge >= 0.3 is 0 Å². The molecule has 0 spiro atoms. The normalized spacial score (nSPS) is 11.5. The molecule has 0 bridgehead atoms. The summed E-state index contributed by atoms with van der Waals surface area (Å²) in [5.74, 6) is 0.170. The number of hydrogen-bond acceptors (Lipinski definition) is 5. The van der Waals surface area contributed by atoms with Crippen LogP contribution in [-0.2, 0) is 16.4 Å². The van der Waals surface area contributed by atoms with Gasteiger partial charge in [0, 0.05) is 38.8 Å². The quantitative estimate of drug-likeness (QED) is 0.109. The van der Waals surface area contributed by atoms with Gasteiger partial charge in [-0.2, -0.15) is 0 Å². The third kappa shape index (κ3) is 7.84. The standard InChI is InChI=1S/C18H22FN5O4S.HI/c1-20-18(21-10-9-14-5-2-3-8-17(14)19)22-11-12-23-29(27,28)16-7-4-6-15(13-16)24(25)26;/h2-8,13,23H,9-12H2,1H3,(H2,20,21,22);1H. The van der Waals surface area contributed by atoms with Gasteiger partial charge in [-0.1, -0.05) is 24.3 Å². The number of aliphatic imine (C=N–C) groups is 1. The first-order chi connectivity index (χ1) is 13.8. The Labute approximate surface area is 191 Å². The van der Waals surface area contributed by atoms with E-state index in [1.54, 1.807) is 25.2 Å². The topological polar surface area (TPSA) is 126 Å². The van der Waals surface area contributed by atoms with Crippen molar-refractivity contribution in [3.05, 3.63) is 70.0 Å². The Balaban J connectivity index is 0.00000450. The number of hydrogen-bond donors (Lipinski definition) is 3. The van der Waals surface area contributed by atoms with Crippen molar-refractivity contribution in [2.75, 3.05) is 26.7 Å². The van der Waals surface area contributed by atoms with E-state index in [0.29, 0.717) is 24.5 Å². The summed E-state index contributed by atoms with van der Waals surface area (Å²) in [6.07, 6.45) is 0.465. The summed E-state index contributed by atoms with van der Waals surface area (Å²) in [6, 6.07) is 11.3. The van der Waals surface area contributed by atoms with Crippen molar-refractivity contribution in [2.24, 2.45) is 4.99 Å². The number of benzene rings is 2. The van der Waals surface area contributed by atoms with E-state index in [2.05, 4.69) is 20.3 Å². The fraction of sp³-hybridized carbons (Fsp3) is 0.278. The number of non-ortho nitro benzene ring substituents is 1. The molecule has 0 atom stereocenters. The van der Waals surface area contributed by atoms with Crippen molar-refractivity contribution in [3.8, 4) is 0 Å². The molecule has 30 heavy (non-hydrogen) atoms. The number of nitro benzene ring substituents is 1. The molecule has 3 N–H and O–H groups in total. The average molecular weight is 551 g/mol. The van der Waals surface area contributed by atoms with Crippen LogP contribution in [0.5, 0.6) is 0 Å². The number of rotatable bonds is 9. The number of nitrogens with zero attached hydrogens (tertiary/aromatic N) is 2. The summed E-state index contributed by atoms with van der Waals surface area (Å²) in [7, 11) is -2.31. The highest BCUT2D eigenvalue weighted by Gasteiger charge is 2.17. The van der Waals surface area contributed by atoms with E-state index in [1.165, 1.54) is 24.3 Å². The van der Waals surface area contributed by atoms with Gasteiger partial charge in [0.2, 0.25) is 10.0 Å². The van der Waals surface area contributed by atoms with Gasteiger partial charge in [-0.05, 0) is 24.1 Å². The molecule has 9 nitrogen and oxygen atoms in total. The predicted octanol–water partition coefficient (Wildman–Crippen LogP) is 2.04. The fourth-order valence-electron chi connectivity index (χ4n) is 2.45. The van der Waals surface area contributed by atoms with Crippen molar-refractivity contribution < 1.29 is 17.7 Å². The molecule has 0 fully saturated rings. The van der Waals surface area contributed by atoms with Crippen LogP contribution in [0.2, 0.25) is 0 Å². The lowest BCUT2D eigenvalue weighted by Gasteiger charge is -2.13. The zero-order chi connectivity index (χ0) is 21.3. The van der Waals surface area contributed by atoms with Gasteiger partial charge in [0.05, 0.1) is 9.82 Å². The van der Waals surface area contributed by atoms with Crippen LogP contribution in [0.3, 0.4) is 0 Å². The Kier molecular flexibility index (Phi) is 10.6. The zero-order valence-electron chi connectivity index (χ0n) is 16.2. The largest absolute Gasteiger partial charge is 0.356 e.